The van der Waals surface area contributed by atoms with E-state index in [1.165, 1.54) is 257 Å². The fourth-order valence-corrected chi connectivity index (χ4v) is 10.1. The van der Waals surface area contributed by atoms with Crippen LogP contribution in [0.5, 0.6) is 0 Å². The van der Waals surface area contributed by atoms with Gasteiger partial charge in [0.05, 0.1) is 0 Å². The van der Waals surface area contributed by atoms with Gasteiger partial charge in [0.1, 0.15) is 13.2 Å². The van der Waals surface area contributed by atoms with Crippen LogP contribution in [0.1, 0.15) is 367 Å². The molecule has 0 spiro atoms. The minimum Gasteiger partial charge on any atom is -0.462 e. The van der Waals surface area contributed by atoms with Crippen molar-refractivity contribution in [2.45, 2.75) is 374 Å². The Morgan fingerprint density at radius 3 is 0.760 bits per heavy atom. The van der Waals surface area contributed by atoms with Crippen molar-refractivity contribution in [2.75, 3.05) is 13.2 Å². The van der Waals surface area contributed by atoms with E-state index in [4.69, 9.17) is 14.2 Å². The summed E-state index contributed by atoms with van der Waals surface area (Å²) in [5, 5.41) is 0. The second kappa shape index (κ2) is 64.2. The van der Waals surface area contributed by atoms with E-state index in [0.29, 0.717) is 19.3 Å². The summed E-state index contributed by atoms with van der Waals surface area (Å²) in [6, 6.07) is 0. The Bertz CT molecular complexity index is 1250. The molecule has 75 heavy (non-hydrogen) atoms. The van der Waals surface area contributed by atoms with E-state index >= 15 is 0 Å². The molecular weight excluding hydrogens is 925 g/mol. The monoisotopic (exact) mass is 1050 g/mol. The molecular formula is C69H128O6. The van der Waals surface area contributed by atoms with Crippen molar-refractivity contribution in [3.05, 3.63) is 36.5 Å². The third-order valence-corrected chi connectivity index (χ3v) is 15.1. The summed E-state index contributed by atoms with van der Waals surface area (Å²) in [6.45, 7) is 6.65. The first-order chi connectivity index (χ1) is 37.0. The molecule has 0 aliphatic rings. The van der Waals surface area contributed by atoms with Gasteiger partial charge in [0.25, 0.3) is 0 Å². The molecule has 0 aromatic heterocycles. The topological polar surface area (TPSA) is 78.9 Å². The maximum Gasteiger partial charge on any atom is 0.306 e. The Labute approximate surface area is 467 Å². The van der Waals surface area contributed by atoms with Crippen molar-refractivity contribution in [3.63, 3.8) is 0 Å². The van der Waals surface area contributed by atoms with Crippen LogP contribution in [0.2, 0.25) is 0 Å². The van der Waals surface area contributed by atoms with Gasteiger partial charge < -0.3 is 14.2 Å². The molecule has 0 rings (SSSR count). The number of hydrogen-bond acceptors (Lipinski definition) is 6. The maximum atomic E-state index is 12.8. The van der Waals surface area contributed by atoms with Crippen molar-refractivity contribution in [1.82, 2.24) is 0 Å². The summed E-state index contributed by atoms with van der Waals surface area (Å²) < 4.78 is 16.9. The first-order valence-electron chi connectivity index (χ1n) is 33.5. The zero-order chi connectivity index (χ0) is 54.3. The minimum absolute atomic E-state index is 0.0698. The second-order valence-corrected chi connectivity index (χ2v) is 22.7. The normalized spacial score (nSPS) is 12.2. The van der Waals surface area contributed by atoms with E-state index in [9.17, 15) is 14.4 Å². The zero-order valence-corrected chi connectivity index (χ0v) is 50.6. The molecule has 0 aromatic carbocycles. The largest absolute Gasteiger partial charge is 0.462 e. The van der Waals surface area contributed by atoms with Gasteiger partial charge in [-0.05, 0) is 77.0 Å². The van der Waals surface area contributed by atoms with Gasteiger partial charge in [-0.25, -0.2) is 0 Å². The number of esters is 3. The van der Waals surface area contributed by atoms with Gasteiger partial charge in [0.15, 0.2) is 6.10 Å². The third kappa shape index (κ3) is 62.4. The Morgan fingerprint density at radius 1 is 0.267 bits per heavy atom. The molecule has 440 valence electrons. The highest BCUT2D eigenvalue weighted by Crippen LogP contribution is 2.18. The molecule has 0 heterocycles. The minimum atomic E-state index is -0.771. The van der Waals surface area contributed by atoms with Crippen LogP contribution < -0.4 is 0 Å². The van der Waals surface area contributed by atoms with E-state index in [0.717, 1.165) is 70.6 Å². The predicted octanol–water partition coefficient (Wildman–Crippen LogP) is 22.8. The highest BCUT2D eigenvalue weighted by Gasteiger charge is 2.19. The second-order valence-electron chi connectivity index (χ2n) is 22.7. The van der Waals surface area contributed by atoms with Crippen LogP contribution in [0, 0.1) is 0 Å². The molecule has 0 fully saturated rings. The summed E-state index contributed by atoms with van der Waals surface area (Å²) in [7, 11) is 0. The van der Waals surface area contributed by atoms with Gasteiger partial charge in [-0.2, -0.15) is 0 Å². The van der Waals surface area contributed by atoms with Gasteiger partial charge in [-0.1, -0.05) is 308 Å². The number of allylic oxidation sites excluding steroid dienone is 6. The molecule has 0 aliphatic carbocycles. The van der Waals surface area contributed by atoms with Crippen LogP contribution in [0.25, 0.3) is 0 Å². The highest BCUT2D eigenvalue weighted by molar-refractivity contribution is 5.71. The molecule has 0 aliphatic heterocycles. The number of hydrogen-bond donors (Lipinski definition) is 0. The van der Waals surface area contributed by atoms with E-state index in [-0.39, 0.29) is 31.1 Å². The number of rotatable bonds is 62. The zero-order valence-electron chi connectivity index (χ0n) is 50.6. The summed E-state index contributed by atoms with van der Waals surface area (Å²) in [6.07, 6.45) is 79.0. The van der Waals surface area contributed by atoms with E-state index in [1.807, 2.05) is 0 Å². The number of unbranched alkanes of at least 4 members (excludes halogenated alkanes) is 45. The summed E-state index contributed by atoms with van der Waals surface area (Å²) in [5.41, 5.74) is 0. The average Bonchev–Trinajstić information content (AvgIpc) is 3.41. The molecule has 0 aromatic rings. The molecule has 1 unspecified atom stereocenters. The maximum absolute atomic E-state index is 12.8. The molecule has 0 N–H and O–H groups in total. The van der Waals surface area contributed by atoms with Crippen LogP contribution in [0.3, 0.4) is 0 Å². The van der Waals surface area contributed by atoms with Crippen molar-refractivity contribution < 1.29 is 28.6 Å². The lowest BCUT2D eigenvalue weighted by atomic mass is 10.0. The summed E-state index contributed by atoms with van der Waals surface area (Å²) in [4.78, 5) is 38.2. The number of carbonyl (C=O) groups is 3. The Kier molecular flexibility index (Phi) is 62.1. The SMILES string of the molecule is CCCCCC/C=C\CCCCCCCC(=O)OC(COC(=O)CCCCCCCCCCCCC)COC(=O)CCCCCCCCCCCCCCCCCCCCCCC/C=C\C/C=C\CCCCCCC. The van der Waals surface area contributed by atoms with Crippen molar-refractivity contribution in [3.8, 4) is 0 Å². The molecule has 0 saturated heterocycles. The standard InChI is InChI=1S/C69H128O6/c1-4-7-10-13-16-19-22-24-25-26-27-28-29-30-31-32-33-34-35-36-37-38-39-40-41-42-43-45-47-50-53-56-59-62-68(71)74-65-66(64-73-67(70)61-58-55-52-49-46-21-18-15-12-9-6-3)75-69(72)63-60-57-54-51-48-44-23-20-17-14-11-8-5-2/h20,22-24,26-27,66H,4-19,21,25,28-65H2,1-3H3/b23-20-,24-22-,27-26-. The Morgan fingerprint density at radius 2 is 0.480 bits per heavy atom. The predicted molar refractivity (Wildman–Crippen MR) is 326 cm³/mol. The van der Waals surface area contributed by atoms with E-state index in [1.54, 1.807) is 0 Å². The number of ether oxygens (including phenoxy) is 3. The van der Waals surface area contributed by atoms with Gasteiger partial charge in [0, 0.05) is 19.3 Å². The third-order valence-electron chi connectivity index (χ3n) is 15.1. The van der Waals surface area contributed by atoms with Crippen LogP contribution in [0.15, 0.2) is 36.5 Å². The smallest absolute Gasteiger partial charge is 0.306 e. The van der Waals surface area contributed by atoms with Crippen LogP contribution in [0.4, 0.5) is 0 Å². The van der Waals surface area contributed by atoms with E-state index < -0.39 is 6.10 Å². The highest BCUT2D eigenvalue weighted by atomic mass is 16.6. The molecule has 1 atom stereocenters. The molecule has 0 amide bonds. The summed E-state index contributed by atoms with van der Waals surface area (Å²) in [5.74, 6) is -0.857. The van der Waals surface area contributed by atoms with Crippen molar-refractivity contribution >= 4 is 17.9 Å². The van der Waals surface area contributed by atoms with Gasteiger partial charge in [-0.15, -0.1) is 0 Å². The quantitative estimate of drug-likeness (QED) is 0.0261. The fourth-order valence-electron chi connectivity index (χ4n) is 10.1. The fraction of sp³-hybridized carbons (Fsp3) is 0.870. The molecule has 0 bridgehead atoms. The Balaban J connectivity index is 4.02. The lowest BCUT2D eigenvalue weighted by Crippen LogP contribution is -2.30. The molecule has 0 saturated carbocycles. The lowest BCUT2D eigenvalue weighted by molar-refractivity contribution is -0.167. The van der Waals surface area contributed by atoms with Crippen molar-refractivity contribution in [2.24, 2.45) is 0 Å². The molecule has 6 heteroatoms. The first kappa shape index (κ1) is 72.6. The van der Waals surface area contributed by atoms with Crippen molar-refractivity contribution in [1.29, 1.82) is 0 Å². The number of carbonyl (C=O) groups excluding carboxylic acids is 3. The van der Waals surface area contributed by atoms with Gasteiger partial charge in [-0.3, -0.25) is 14.4 Å². The van der Waals surface area contributed by atoms with Crippen LogP contribution >= 0.6 is 0 Å². The Hall–Kier alpha value is -2.37. The average molecular weight is 1050 g/mol. The van der Waals surface area contributed by atoms with Gasteiger partial charge >= 0.3 is 17.9 Å². The first-order valence-corrected chi connectivity index (χ1v) is 33.5. The molecule has 6 nitrogen and oxygen atoms in total. The lowest BCUT2D eigenvalue weighted by Gasteiger charge is -2.18. The van der Waals surface area contributed by atoms with E-state index in [2.05, 4.69) is 57.2 Å². The summed E-state index contributed by atoms with van der Waals surface area (Å²) >= 11 is 0. The molecule has 0 radical (unpaired) electrons. The van der Waals surface area contributed by atoms with Gasteiger partial charge in [0.2, 0.25) is 0 Å². The van der Waals surface area contributed by atoms with Crippen LogP contribution in [-0.4, -0.2) is 37.2 Å². The van der Waals surface area contributed by atoms with Crippen LogP contribution in [-0.2, 0) is 28.6 Å².